The highest BCUT2D eigenvalue weighted by molar-refractivity contribution is 5.14. The van der Waals surface area contributed by atoms with Crippen LogP contribution in [0.4, 0.5) is 0 Å². The minimum atomic E-state index is 0.443. The van der Waals surface area contributed by atoms with Crippen LogP contribution < -0.4 is 5.32 Å². The molecule has 0 bridgehead atoms. The first-order valence-electron chi connectivity index (χ1n) is 5.31. The summed E-state index contributed by atoms with van der Waals surface area (Å²) >= 11 is 0. The monoisotopic (exact) mass is 191 g/mol. The predicted molar refractivity (Wildman–Crippen MR) is 57.1 cm³/mol. The van der Waals surface area contributed by atoms with Gasteiger partial charge < -0.3 is 10.1 Å². The molecule has 0 spiro atoms. The van der Waals surface area contributed by atoms with Crippen molar-refractivity contribution in [3.05, 3.63) is 35.9 Å². The lowest BCUT2D eigenvalue weighted by molar-refractivity contribution is 0.110. The SMILES string of the molecule is c1ccc(CNC[C@H]2CCCO2)cc1. The van der Waals surface area contributed by atoms with E-state index in [4.69, 9.17) is 4.74 Å². The summed E-state index contributed by atoms with van der Waals surface area (Å²) in [7, 11) is 0. The minimum absolute atomic E-state index is 0.443. The third-order valence-electron chi connectivity index (χ3n) is 2.57. The van der Waals surface area contributed by atoms with Crippen LogP contribution in [0.3, 0.4) is 0 Å². The second-order valence-electron chi connectivity index (χ2n) is 3.75. The van der Waals surface area contributed by atoms with Crippen LogP contribution >= 0.6 is 0 Å². The van der Waals surface area contributed by atoms with Crippen LogP contribution in [0.25, 0.3) is 0 Å². The van der Waals surface area contributed by atoms with E-state index < -0.39 is 0 Å². The zero-order valence-electron chi connectivity index (χ0n) is 8.41. The standard InChI is InChI=1S/C12H17NO/c1-2-5-11(6-3-1)9-13-10-12-7-4-8-14-12/h1-3,5-6,12-13H,4,7-10H2/t12-/m1/s1. The number of benzene rings is 1. The summed E-state index contributed by atoms with van der Waals surface area (Å²) in [6, 6.07) is 10.5. The summed E-state index contributed by atoms with van der Waals surface area (Å²) in [6.07, 6.45) is 2.87. The molecule has 1 atom stereocenters. The van der Waals surface area contributed by atoms with Gasteiger partial charge in [0.15, 0.2) is 0 Å². The summed E-state index contributed by atoms with van der Waals surface area (Å²) in [5.74, 6) is 0. The molecule has 2 heteroatoms. The Morgan fingerprint density at radius 3 is 2.86 bits per heavy atom. The average Bonchev–Trinajstić information content (AvgIpc) is 2.72. The summed E-state index contributed by atoms with van der Waals surface area (Å²) in [5, 5.41) is 3.42. The molecule has 1 saturated heterocycles. The van der Waals surface area contributed by atoms with Gasteiger partial charge in [-0.3, -0.25) is 0 Å². The van der Waals surface area contributed by atoms with Crippen molar-refractivity contribution in [1.82, 2.24) is 5.32 Å². The van der Waals surface area contributed by atoms with Crippen molar-refractivity contribution in [2.75, 3.05) is 13.2 Å². The van der Waals surface area contributed by atoms with E-state index in [0.29, 0.717) is 6.10 Å². The average molecular weight is 191 g/mol. The van der Waals surface area contributed by atoms with Crippen LogP contribution in [0.15, 0.2) is 30.3 Å². The van der Waals surface area contributed by atoms with E-state index in [2.05, 4.69) is 29.6 Å². The zero-order valence-corrected chi connectivity index (χ0v) is 8.41. The van der Waals surface area contributed by atoms with Crippen molar-refractivity contribution in [3.63, 3.8) is 0 Å². The molecule has 1 aliphatic rings. The maximum Gasteiger partial charge on any atom is 0.0700 e. The maximum atomic E-state index is 5.53. The van der Waals surface area contributed by atoms with Crippen molar-refractivity contribution in [3.8, 4) is 0 Å². The van der Waals surface area contributed by atoms with E-state index in [9.17, 15) is 0 Å². The third-order valence-corrected chi connectivity index (χ3v) is 2.57. The molecule has 1 heterocycles. The number of nitrogens with one attached hydrogen (secondary N) is 1. The number of ether oxygens (including phenoxy) is 1. The molecule has 2 nitrogen and oxygen atoms in total. The molecule has 2 rings (SSSR count). The van der Waals surface area contributed by atoms with Crippen LogP contribution in [-0.4, -0.2) is 19.3 Å². The van der Waals surface area contributed by atoms with Gasteiger partial charge in [0.25, 0.3) is 0 Å². The highest BCUT2D eigenvalue weighted by Crippen LogP contribution is 2.10. The van der Waals surface area contributed by atoms with Gasteiger partial charge in [0.1, 0.15) is 0 Å². The fourth-order valence-electron chi connectivity index (χ4n) is 1.78. The number of hydrogen-bond donors (Lipinski definition) is 1. The summed E-state index contributed by atoms with van der Waals surface area (Å²) in [6.45, 7) is 2.87. The molecule has 0 unspecified atom stereocenters. The van der Waals surface area contributed by atoms with Crippen molar-refractivity contribution in [2.45, 2.75) is 25.5 Å². The first kappa shape index (κ1) is 9.69. The van der Waals surface area contributed by atoms with Gasteiger partial charge in [-0.05, 0) is 18.4 Å². The van der Waals surface area contributed by atoms with Crippen LogP contribution in [-0.2, 0) is 11.3 Å². The van der Waals surface area contributed by atoms with E-state index in [1.807, 2.05) is 6.07 Å². The quantitative estimate of drug-likeness (QED) is 0.785. The molecular weight excluding hydrogens is 174 g/mol. The van der Waals surface area contributed by atoms with Crippen molar-refractivity contribution < 1.29 is 4.74 Å². The molecule has 0 aromatic heterocycles. The Balaban J connectivity index is 1.67. The molecule has 1 aromatic rings. The molecule has 1 aliphatic heterocycles. The second-order valence-corrected chi connectivity index (χ2v) is 3.75. The van der Waals surface area contributed by atoms with E-state index in [-0.39, 0.29) is 0 Å². The first-order chi connectivity index (χ1) is 6.95. The van der Waals surface area contributed by atoms with Gasteiger partial charge in [-0.15, -0.1) is 0 Å². The summed E-state index contributed by atoms with van der Waals surface area (Å²) < 4.78 is 5.53. The van der Waals surface area contributed by atoms with Crippen LogP contribution in [0.1, 0.15) is 18.4 Å². The van der Waals surface area contributed by atoms with Crippen LogP contribution in [0.2, 0.25) is 0 Å². The van der Waals surface area contributed by atoms with Gasteiger partial charge in [-0.25, -0.2) is 0 Å². The molecule has 0 saturated carbocycles. The molecular formula is C12H17NO. The normalized spacial score (nSPS) is 21.3. The Hall–Kier alpha value is -0.860. The van der Waals surface area contributed by atoms with Gasteiger partial charge in [0, 0.05) is 19.7 Å². The predicted octanol–water partition coefficient (Wildman–Crippen LogP) is 1.96. The molecule has 0 aliphatic carbocycles. The third kappa shape index (κ3) is 2.82. The van der Waals surface area contributed by atoms with Crippen LogP contribution in [0, 0.1) is 0 Å². The lowest BCUT2D eigenvalue weighted by Crippen LogP contribution is -2.25. The lowest BCUT2D eigenvalue weighted by Gasteiger charge is -2.10. The van der Waals surface area contributed by atoms with E-state index in [0.717, 1.165) is 19.7 Å². The smallest absolute Gasteiger partial charge is 0.0700 e. The number of rotatable bonds is 4. The summed E-state index contributed by atoms with van der Waals surface area (Å²) in [4.78, 5) is 0. The molecule has 0 amide bonds. The van der Waals surface area contributed by atoms with E-state index >= 15 is 0 Å². The van der Waals surface area contributed by atoms with Crippen molar-refractivity contribution in [1.29, 1.82) is 0 Å². The van der Waals surface area contributed by atoms with Gasteiger partial charge in [0.05, 0.1) is 6.10 Å². The second kappa shape index (κ2) is 5.13. The van der Waals surface area contributed by atoms with Gasteiger partial charge in [-0.1, -0.05) is 30.3 Å². The topological polar surface area (TPSA) is 21.3 Å². The zero-order chi connectivity index (χ0) is 9.64. The van der Waals surface area contributed by atoms with E-state index in [1.165, 1.54) is 18.4 Å². The molecule has 1 aromatic carbocycles. The molecule has 76 valence electrons. The molecule has 0 radical (unpaired) electrons. The first-order valence-corrected chi connectivity index (χ1v) is 5.31. The number of hydrogen-bond acceptors (Lipinski definition) is 2. The van der Waals surface area contributed by atoms with Crippen LogP contribution in [0.5, 0.6) is 0 Å². The van der Waals surface area contributed by atoms with Crippen molar-refractivity contribution >= 4 is 0 Å². The van der Waals surface area contributed by atoms with E-state index in [1.54, 1.807) is 0 Å². The van der Waals surface area contributed by atoms with Crippen molar-refractivity contribution in [2.24, 2.45) is 0 Å². The van der Waals surface area contributed by atoms with Gasteiger partial charge in [-0.2, -0.15) is 0 Å². The Kier molecular flexibility index (Phi) is 3.55. The maximum absolute atomic E-state index is 5.53. The molecule has 1 N–H and O–H groups in total. The fraction of sp³-hybridized carbons (Fsp3) is 0.500. The fourth-order valence-corrected chi connectivity index (χ4v) is 1.78. The molecule has 1 fully saturated rings. The van der Waals surface area contributed by atoms with Gasteiger partial charge in [0.2, 0.25) is 0 Å². The Bertz CT molecular complexity index is 254. The largest absolute Gasteiger partial charge is 0.377 e. The highest BCUT2D eigenvalue weighted by atomic mass is 16.5. The Morgan fingerprint density at radius 2 is 2.14 bits per heavy atom. The summed E-state index contributed by atoms with van der Waals surface area (Å²) in [5.41, 5.74) is 1.34. The van der Waals surface area contributed by atoms with Gasteiger partial charge >= 0.3 is 0 Å². The minimum Gasteiger partial charge on any atom is -0.377 e. The Labute approximate surface area is 85.3 Å². The Morgan fingerprint density at radius 1 is 1.29 bits per heavy atom. The lowest BCUT2D eigenvalue weighted by atomic mass is 10.2. The highest BCUT2D eigenvalue weighted by Gasteiger charge is 2.14. The molecule has 14 heavy (non-hydrogen) atoms.